The van der Waals surface area contributed by atoms with Gasteiger partial charge in [-0.25, -0.2) is 4.79 Å². The van der Waals surface area contributed by atoms with Crippen molar-refractivity contribution in [2.75, 3.05) is 6.61 Å². The Morgan fingerprint density at radius 3 is 2.88 bits per heavy atom. The Balaban J connectivity index is 2.90. The summed E-state index contributed by atoms with van der Waals surface area (Å²) in [5, 5.41) is 17.9. The van der Waals surface area contributed by atoms with Crippen LogP contribution in [0, 0.1) is 11.3 Å². The third kappa shape index (κ3) is 3.28. The molecular formula is C12H13NO3. The Kier molecular flexibility index (Phi) is 4.34. The van der Waals surface area contributed by atoms with Crippen LogP contribution in [0.1, 0.15) is 29.3 Å². The van der Waals surface area contributed by atoms with Gasteiger partial charge >= 0.3 is 5.97 Å². The van der Waals surface area contributed by atoms with Crippen LogP contribution in [0.2, 0.25) is 0 Å². The van der Waals surface area contributed by atoms with E-state index in [0.717, 1.165) is 5.56 Å². The molecule has 4 heteroatoms. The highest BCUT2D eigenvalue weighted by Gasteiger charge is 2.09. The number of hydrogen-bond donors (Lipinski definition) is 1. The third-order valence-electron chi connectivity index (χ3n) is 2.01. The number of carbonyl (C=O) groups is 1. The Hall–Kier alpha value is -2.02. The molecule has 0 atom stereocenters. The molecule has 1 N–H and O–H groups in total. The number of rotatable bonds is 4. The van der Waals surface area contributed by atoms with Gasteiger partial charge in [-0.1, -0.05) is 0 Å². The molecule has 1 rings (SSSR count). The van der Waals surface area contributed by atoms with Gasteiger partial charge in [0.1, 0.15) is 5.75 Å². The summed E-state index contributed by atoms with van der Waals surface area (Å²) in [6, 6.07) is 6.54. The van der Waals surface area contributed by atoms with Crippen molar-refractivity contribution in [2.24, 2.45) is 0 Å². The summed E-state index contributed by atoms with van der Waals surface area (Å²) >= 11 is 0. The Morgan fingerprint density at radius 2 is 2.25 bits per heavy atom. The summed E-state index contributed by atoms with van der Waals surface area (Å²) in [7, 11) is 0. The Bertz CT molecular complexity index is 421. The average Bonchev–Trinajstić information content (AvgIpc) is 2.26. The summed E-state index contributed by atoms with van der Waals surface area (Å²) < 4.78 is 4.83. The zero-order valence-electron chi connectivity index (χ0n) is 9.06. The van der Waals surface area contributed by atoms with Crippen LogP contribution in [0.15, 0.2) is 18.2 Å². The minimum atomic E-state index is -0.461. The summed E-state index contributed by atoms with van der Waals surface area (Å²) in [6.45, 7) is 2.01. The molecule has 0 aliphatic rings. The van der Waals surface area contributed by atoms with Gasteiger partial charge in [0.25, 0.3) is 0 Å². The van der Waals surface area contributed by atoms with Crippen molar-refractivity contribution < 1.29 is 14.6 Å². The van der Waals surface area contributed by atoms with Crippen molar-refractivity contribution in [1.29, 1.82) is 5.26 Å². The average molecular weight is 219 g/mol. The predicted octanol–water partition coefficient (Wildman–Crippen LogP) is 2.03. The number of benzene rings is 1. The van der Waals surface area contributed by atoms with Crippen LogP contribution in [0.4, 0.5) is 0 Å². The molecule has 84 valence electrons. The zero-order valence-corrected chi connectivity index (χ0v) is 9.06. The summed E-state index contributed by atoms with van der Waals surface area (Å²) in [4.78, 5) is 11.4. The van der Waals surface area contributed by atoms with Crippen molar-refractivity contribution in [2.45, 2.75) is 19.8 Å². The molecule has 0 radical (unpaired) electrons. The maximum absolute atomic E-state index is 11.4. The summed E-state index contributed by atoms with van der Waals surface area (Å²) in [5.41, 5.74) is 1.07. The number of carbonyl (C=O) groups excluding carboxylic acids is 1. The van der Waals surface area contributed by atoms with E-state index in [9.17, 15) is 9.90 Å². The second-order valence-electron chi connectivity index (χ2n) is 3.27. The number of esters is 1. The highest BCUT2D eigenvalue weighted by atomic mass is 16.5. The van der Waals surface area contributed by atoms with E-state index in [0.29, 0.717) is 25.0 Å². The molecule has 0 unspecified atom stereocenters. The molecule has 0 spiro atoms. The monoisotopic (exact) mass is 219 g/mol. The number of phenols is 1. The fourth-order valence-electron chi connectivity index (χ4n) is 1.35. The molecule has 0 fully saturated rings. The number of ether oxygens (including phenoxy) is 1. The summed E-state index contributed by atoms with van der Waals surface area (Å²) in [5.74, 6) is -0.449. The van der Waals surface area contributed by atoms with Gasteiger partial charge in [-0.15, -0.1) is 0 Å². The van der Waals surface area contributed by atoms with Gasteiger partial charge < -0.3 is 9.84 Å². The van der Waals surface area contributed by atoms with E-state index in [1.54, 1.807) is 19.1 Å². The van der Waals surface area contributed by atoms with Gasteiger partial charge in [-0.05, 0) is 37.1 Å². The van der Waals surface area contributed by atoms with Crippen LogP contribution in [0.3, 0.4) is 0 Å². The number of aryl methyl sites for hydroxylation is 1. The van der Waals surface area contributed by atoms with Crippen molar-refractivity contribution in [1.82, 2.24) is 0 Å². The lowest BCUT2D eigenvalue weighted by Gasteiger charge is -2.05. The number of phenolic OH excluding ortho intramolecular Hbond substituents is 1. The first-order valence-electron chi connectivity index (χ1n) is 5.04. The molecule has 0 aliphatic heterocycles. The minimum Gasteiger partial charge on any atom is -0.508 e. The first-order chi connectivity index (χ1) is 7.67. The zero-order chi connectivity index (χ0) is 12.0. The molecule has 0 bridgehead atoms. The molecule has 1 aromatic rings. The maximum Gasteiger partial charge on any atom is 0.338 e. The first kappa shape index (κ1) is 12.1. The van der Waals surface area contributed by atoms with Crippen molar-refractivity contribution >= 4 is 5.97 Å². The molecule has 4 nitrogen and oxygen atoms in total. The van der Waals surface area contributed by atoms with Crippen LogP contribution >= 0.6 is 0 Å². The van der Waals surface area contributed by atoms with E-state index in [1.807, 2.05) is 6.07 Å². The topological polar surface area (TPSA) is 70.3 Å². The number of hydrogen-bond acceptors (Lipinski definition) is 4. The lowest BCUT2D eigenvalue weighted by Crippen LogP contribution is -2.05. The lowest BCUT2D eigenvalue weighted by atomic mass is 10.1. The second kappa shape index (κ2) is 5.76. The van der Waals surface area contributed by atoms with Crippen molar-refractivity contribution in [3.05, 3.63) is 29.3 Å². The van der Waals surface area contributed by atoms with Gasteiger partial charge in [-0.3, -0.25) is 0 Å². The largest absolute Gasteiger partial charge is 0.508 e. The predicted molar refractivity (Wildman–Crippen MR) is 58.0 cm³/mol. The minimum absolute atomic E-state index is 0.0125. The molecule has 1 aromatic carbocycles. The molecule has 0 amide bonds. The fraction of sp³-hybridized carbons (Fsp3) is 0.333. The van der Waals surface area contributed by atoms with E-state index in [4.69, 9.17) is 10.00 Å². The third-order valence-corrected chi connectivity index (χ3v) is 2.01. The fourth-order valence-corrected chi connectivity index (χ4v) is 1.35. The lowest BCUT2D eigenvalue weighted by molar-refractivity contribution is 0.0526. The van der Waals surface area contributed by atoms with Gasteiger partial charge in [-0.2, -0.15) is 5.26 Å². The number of aromatic hydroxyl groups is 1. The van der Waals surface area contributed by atoms with Crippen molar-refractivity contribution in [3.8, 4) is 11.8 Å². The van der Waals surface area contributed by atoms with E-state index < -0.39 is 5.97 Å². The van der Waals surface area contributed by atoms with E-state index >= 15 is 0 Å². The quantitative estimate of drug-likeness (QED) is 0.786. The first-order valence-corrected chi connectivity index (χ1v) is 5.04. The van der Waals surface area contributed by atoms with Crippen LogP contribution < -0.4 is 0 Å². The van der Waals surface area contributed by atoms with E-state index in [1.165, 1.54) is 6.07 Å². The van der Waals surface area contributed by atoms with Gasteiger partial charge in [0.15, 0.2) is 0 Å². The van der Waals surface area contributed by atoms with Crippen LogP contribution in [0.25, 0.3) is 0 Å². The molecule has 0 saturated heterocycles. The second-order valence-corrected chi connectivity index (χ2v) is 3.27. The molecule has 0 heterocycles. The SMILES string of the molecule is CCOC(=O)c1cc(O)cc(CCC#N)c1. The highest BCUT2D eigenvalue weighted by Crippen LogP contribution is 2.17. The normalized spacial score (nSPS) is 9.50. The van der Waals surface area contributed by atoms with Gasteiger partial charge in [0.2, 0.25) is 0 Å². The standard InChI is InChI=1S/C12H13NO3/c1-2-16-12(15)10-6-9(4-3-5-13)7-11(14)8-10/h6-8,14H,2-4H2,1H3. The van der Waals surface area contributed by atoms with E-state index in [-0.39, 0.29) is 5.75 Å². The molecule has 0 saturated carbocycles. The summed E-state index contributed by atoms with van der Waals surface area (Å²) in [6.07, 6.45) is 0.864. The smallest absolute Gasteiger partial charge is 0.338 e. The van der Waals surface area contributed by atoms with Gasteiger partial charge in [0.05, 0.1) is 18.2 Å². The highest BCUT2D eigenvalue weighted by molar-refractivity contribution is 5.90. The van der Waals surface area contributed by atoms with Crippen molar-refractivity contribution in [3.63, 3.8) is 0 Å². The van der Waals surface area contributed by atoms with Crippen LogP contribution in [-0.2, 0) is 11.2 Å². The van der Waals surface area contributed by atoms with Crippen LogP contribution in [-0.4, -0.2) is 17.7 Å². The van der Waals surface area contributed by atoms with E-state index in [2.05, 4.69) is 0 Å². The Labute approximate surface area is 94.1 Å². The number of nitrogens with zero attached hydrogens (tertiary/aromatic N) is 1. The molecule has 0 aromatic heterocycles. The number of nitriles is 1. The molecule has 16 heavy (non-hydrogen) atoms. The van der Waals surface area contributed by atoms with Gasteiger partial charge in [0, 0.05) is 6.42 Å². The Morgan fingerprint density at radius 1 is 1.50 bits per heavy atom. The molecular weight excluding hydrogens is 206 g/mol. The maximum atomic E-state index is 11.4. The van der Waals surface area contributed by atoms with Crippen LogP contribution in [0.5, 0.6) is 5.75 Å². The molecule has 0 aliphatic carbocycles.